The van der Waals surface area contributed by atoms with Crippen LogP contribution in [0.3, 0.4) is 0 Å². The molecular weight excluding hydrogens is 405 g/mol. The molecule has 0 aromatic heterocycles. The standard InChI is InChI=1S/C24H27Cl2NO2/c1-15-6-11-20-21(12-15)29-22(16-7-9-18(25)10-8-16)14-24(20,2)27-23(28)17-4-3-5-19(26)13-17/h3-5,7-10,13,15,20-22H,6,11-12,14H2,1-2H3,(H,27,28)/t15-,20-,21-,22-,24-/m0/s1. The van der Waals surface area contributed by atoms with Crippen molar-refractivity contribution in [3.63, 3.8) is 0 Å². The molecule has 1 aliphatic carbocycles. The minimum atomic E-state index is -0.354. The third kappa shape index (κ3) is 4.47. The number of fused-ring (bicyclic) bond motifs is 1. The summed E-state index contributed by atoms with van der Waals surface area (Å²) in [5.41, 5.74) is 1.34. The van der Waals surface area contributed by atoms with E-state index in [-0.39, 0.29) is 23.7 Å². The summed E-state index contributed by atoms with van der Waals surface area (Å²) < 4.78 is 6.57. The van der Waals surface area contributed by atoms with Crippen molar-refractivity contribution in [2.75, 3.05) is 0 Å². The van der Waals surface area contributed by atoms with E-state index in [4.69, 9.17) is 27.9 Å². The number of ether oxygens (including phenoxy) is 1. The van der Waals surface area contributed by atoms with Crippen LogP contribution in [-0.2, 0) is 4.74 Å². The minimum absolute atomic E-state index is 0.0662. The van der Waals surface area contributed by atoms with Gasteiger partial charge in [0, 0.05) is 33.5 Å². The highest BCUT2D eigenvalue weighted by atomic mass is 35.5. The first-order valence-corrected chi connectivity index (χ1v) is 11.1. The molecule has 1 aliphatic heterocycles. The van der Waals surface area contributed by atoms with E-state index < -0.39 is 0 Å². The van der Waals surface area contributed by atoms with E-state index >= 15 is 0 Å². The summed E-state index contributed by atoms with van der Waals surface area (Å²) in [5.74, 6) is 0.850. The van der Waals surface area contributed by atoms with Crippen molar-refractivity contribution in [3.05, 3.63) is 69.7 Å². The first-order chi connectivity index (χ1) is 13.8. The molecular formula is C24H27Cl2NO2. The van der Waals surface area contributed by atoms with Gasteiger partial charge in [0.1, 0.15) is 0 Å². The largest absolute Gasteiger partial charge is 0.370 e. The highest BCUT2D eigenvalue weighted by Gasteiger charge is 2.49. The number of hydrogen-bond acceptors (Lipinski definition) is 2. The SMILES string of the molecule is C[C@H]1CC[C@H]2[C@H](C1)O[C@H](c1ccc(Cl)cc1)C[C@]2(C)NC(=O)c1cccc(Cl)c1. The molecule has 0 spiro atoms. The summed E-state index contributed by atoms with van der Waals surface area (Å²) >= 11 is 12.2. The predicted molar refractivity (Wildman–Crippen MR) is 118 cm³/mol. The second-order valence-corrected chi connectivity index (χ2v) is 9.70. The topological polar surface area (TPSA) is 38.3 Å². The number of nitrogens with one attached hydrogen (secondary N) is 1. The van der Waals surface area contributed by atoms with Gasteiger partial charge in [0.2, 0.25) is 0 Å². The van der Waals surface area contributed by atoms with Crippen molar-refractivity contribution in [1.29, 1.82) is 0 Å². The molecule has 154 valence electrons. The zero-order chi connectivity index (χ0) is 20.6. The van der Waals surface area contributed by atoms with Crippen LogP contribution in [0, 0.1) is 11.8 Å². The normalized spacial score (nSPS) is 31.7. The molecule has 1 saturated carbocycles. The van der Waals surface area contributed by atoms with E-state index in [0.717, 1.165) is 24.8 Å². The summed E-state index contributed by atoms with van der Waals surface area (Å²) in [4.78, 5) is 13.1. The molecule has 0 bridgehead atoms. The van der Waals surface area contributed by atoms with E-state index in [9.17, 15) is 4.79 Å². The third-order valence-electron chi connectivity index (χ3n) is 6.55. The van der Waals surface area contributed by atoms with Gasteiger partial charge < -0.3 is 10.1 Å². The van der Waals surface area contributed by atoms with Crippen molar-refractivity contribution >= 4 is 29.1 Å². The van der Waals surface area contributed by atoms with Crippen LogP contribution in [-0.4, -0.2) is 17.6 Å². The van der Waals surface area contributed by atoms with Crippen molar-refractivity contribution in [2.24, 2.45) is 11.8 Å². The number of carbonyl (C=O) groups is 1. The van der Waals surface area contributed by atoms with E-state index in [1.54, 1.807) is 18.2 Å². The summed E-state index contributed by atoms with van der Waals surface area (Å²) in [5, 5.41) is 4.64. The van der Waals surface area contributed by atoms with E-state index in [1.807, 2.05) is 30.3 Å². The number of rotatable bonds is 3. The summed E-state index contributed by atoms with van der Waals surface area (Å²) in [6.45, 7) is 4.46. The van der Waals surface area contributed by atoms with Gasteiger partial charge in [-0.05, 0) is 61.6 Å². The van der Waals surface area contributed by atoms with Crippen LogP contribution < -0.4 is 5.32 Å². The lowest BCUT2D eigenvalue weighted by Crippen LogP contribution is -2.60. The van der Waals surface area contributed by atoms with Gasteiger partial charge in [-0.25, -0.2) is 0 Å². The average Bonchev–Trinajstić information content (AvgIpc) is 2.68. The zero-order valence-corrected chi connectivity index (χ0v) is 18.3. The van der Waals surface area contributed by atoms with Crippen LogP contribution in [0.15, 0.2) is 48.5 Å². The lowest BCUT2D eigenvalue weighted by molar-refractivity contribution is -0.144. The van der Waals surface area contributed by atoms with E-state index in [2.05, 4.69) is 19.2 Å². The van der Waals surface area contributed by atoms with Gasteiger partial charge in [-0.15, -0.1) is 0 Å². The Balaban J connectivity index is 1.62. The number of benzene rings is 2. The molecule has 3 nitrogen and oxygen atoms in total. The maximum Gasteiger partial charge on any atom is 0.251 e. The maximum atomic E-state index is 13.1. The average molecular weight is 432 g/mol. The van der Waals surface area contributed by atoms with Crippen LogP contribution in [0.1, 0.15) is 61.6 Å². The maximum absolute atomic E-state index is 13.1. The molecule has 2 aromatic rings. The van der Waals surface area contributed by atoms with Crippen LogP contribution in [0.25, 0.3) is 0 Å². The number of amides is 1. The van der Waals surface area contributed by atoms with E-state index in [0.29, 0.717) is 27.4 Å². The van der Waals surface area contributed by atoms with Crippen molar-refractivity contribution in [3.8, 4) is 0 Å². The summed E-state index contributed by atoms with van der Waals surface area (Å²) in [6, 6.07) is 15.0. The van der Waals surface area contributed by atoms with Gasteiger partial charge >= 0.3 is 0 Å². The highest BCUT2D eigenvalue weighted by Crippen LogP contribution is 2.48. The van der Waals surface area contributed by atoms with Crippen LogP contribution >= 0.6 is 23.2 Å². The Hall–Kier alpha value is -1.55. The van der Waals surface area contributed by atoms with Crippen molar-refractivity contribution in [2.45, 2.75) is 57.3 Å². The van der Waals surface area contributed by atoms with Gasteiger partial charge in [0.15, 0.2) is 0 Å². The van der Waals surface area contributed by atoms with Gasteiger partial charge in [0.25, 0.3) is 5.91 Å². The van der Waals surface area contributed by atoms with Crippen LogP contribution in [0.4, 0.5) is 0 Å². The lowest BCUT2D eigenvalue weighted by Gasteiger charge is -2.52. The molecule has 2 aromatic carbocycles. The monoisotopic (exact) mass is 431 g/mol. The third-order valence-corrected chi connectivity index (χ3v) is 7.04. The Morgan fingerprint density at radius 2 is 1.86 bits per heavy atom. The Morgan fingerprint density at radius 1 is 1.10 bits per heavy atom. The molecule has 0 unspecified atom stereocenters. The molecule has 1 saturated heterocycles. The van der Waals surface area contributed by atoms with Crippen molar-refractivity contribution < 1.29 is 9.53 Å². The smallest absolute Gasteiger partial charge is 0.251 e. The molecule has 0 radical (unpaired) electrons. The zero-order valence-electron chi connectivity index (χ0n) is 16.8. The molecule has 1 heterocycles. The first-order valence-electron chi connectivity index (χ1n) is 10.3. The first kappa shape index (κ1) is 20.7. The second kappa shape index (κ2) is 8.29. The Bertz CT molecular complexity index is 885. The van der Waals surface area contributed by atoms with Crippen molar-refractivity contribution in [1.82, 2.24) is 5.32 Å². The number of halogens is 2. The minimum Gasteiger partial charge on any atom is -0.370 e. The molecule has 4 rings (SSSR count). The van der Waals surface area contributed by atoms with Gasteiger partial charge in [-0.3, -0.25) is 4.79 Å². The molecule has 29 heavy (non-hydrogen) atoms. The van der Waals surface area contributed by atoms with Crippen LogP contribution in [0.5, 0.6) is 0 Å². The molecule has 2 fully saturated rings. The quantitative estimate of drug-likeness (QED) is 0.606. The molecule has 5 atom stereocenters. The molecule has 1 amide bonds. The Kier molecular flexibility index (Phi) is 5.92. The van der Waals surface area contributed by atoms with E-state index in [1.165, 1.54) is 6.42 Å². The molecule has 2 aliphatic rings. The summed E-state index contributed by atoms with van der Waals surface area (Å²) in [7, 11) is 0. The fourth-order valence-corrected chi connectivity index (χ4v) is 5.30. The molecule has 1 N–H and O–H groups in total. The lowest BCUT2D eigenvalue weighted by atomic mass is 9.66. The fourth-order valence-electron chi connectivity index (χ4n) is 4.98. The van der Waals surface area contributed by atoms with Gasteiger partial charge in [-0.2, -0.15) is 0 Å². The van der Waals surface area contributed by atoms with Crippen LogP contribution in [0.2, 0.25) is 10.0 Å². The Morgan fingerprint density at radius 3 is 2.59 bits per heavy atom. The van der Waals surface area contributed by atoms with Gasteiger partial charge in [-0.1, -0.05) is 54.7 Å². The van der Waals surface area contributed by atoms with Gasteiger partial charge in [0.05, 0.1) is 12.2 Å². The molecule has 5 heteroatoms. The summed E-state index contributed by atoms with van der Waals surface area (Å²) in [6.07, 6.45) is 4.05. The predicted octanol–water partition coefficient (Wildman–Crippen LogP) is 6.45. The Labute approximate surface area is 182 Å². The fraction of sp³-hybridized carbons (Fsp3) is 0.458. The number of carbonyl (C=O) groups excluding carboxylic acids is 1. The highest BCUT2D eigenvalue weighted by molar-refractivity contribution is 6.31. The second-order valence-electron chi connectivity index (χ2n) is 8.83. The number of hydrogen-bond donors (Lipinski definition) is 1.